The molecule has 2 aromatic rings. The van der Waals surface area contributed by atoms with Gasteiger partial charge in [-0.05, 0) is 96.3 Å². The van der Waals surface area contributed by atoms with Crippen LogP contribution < -0.4 is 10.2 Å². The number of sulfonamides is 1. The van der Waals surface area contributed by atoms with Crippen LogP contribution in [-0.4, -0.2) is 81.0 Å². The second-order valence-electron chi connectivity index (χ2n) is 10.6. The highest BCUT2D eigenvalue weighted by Gasteiger charge is 2.26. The molecule has 0 aliphatic carbocycles. The third-order valence-electron chi connectivity index (χ3n) is 7.08. The first-order valence-electron chi connectivity index (χ1n) is 13.0. The summed E-state index contributed by atoms with van der Waals surface area (Å²) < 4.78 is 27.5. The molecule has 0 radical (unpaired) electrons. The van der Waals surface area contributed by atoms with Gasteiger partial charge in [-0.2, -0.15) is 0 Å². The molecule has 1 saturated heterocycles. The molecule has 0 unspecified atom stereocenters. The Hall–Kier alpha value is -2.56. The van der Waals surface area contributed by atoms with Crippen molar-refractivity contribution in [2.75, 3.05) is 57.5 Å². The van der Waals surface area contributed by atoms with Gasteiger partial charge in [0, 0.05) is 33.1 Å². The van der Waals surface area contributed by atoms with Gasteiger partial charge in [-0.15, -0.1) is 10.2 Å². The number of aromatic nitrogens is 2. The lowest BCUT2D eigenvalue weighted by molar-refractivity contribution is -0.116. The van der Waals surface area contributed by atoms with Crippen molar-refractivity contribution in [3.63, 3.8) is 0 Å². The fraction of sp³-hybridized carbons (Fsp3) is 0.593. The molecule has 0 spiro atoms. The third-order valence-corrected chi connectivity index (χ3v) is 9.24. The van der Waals surface area contributed by atoms with Gasteiger partial charge in [0.05, 0.1) is 4.90 Å². The van der Waals surface area contributed by atoms with E-state index in [1.165, 1.54) is 17.8 Å². The van der Waals surface area contributed by atoms with Gasteiger partial charge >= 0.3 is 0 Å². The SMILES string of the molecule is Cc1cc(C)c(S(=O)(=O)N(C)CCC(=O)Nc2nnc(N3CCC(CCN(C)C)CC3)cc2C)c(C)c1. The maximum atomic E-state index is 13.1. The maximum Gasteiger partial charge on any atom is 0.243 e. The lowest BCUT2D eigenvalue weighted by Crippen LogP contribution is -2.35. The van der Waals surface area contributed by atoms with E-state index in [4.69, 9.17) is 0 Å². The van der Waals surface area contributed by atoms with E-state index < -0.39 is 10.0 Å². The minimum absolute atomic E-state index is 0.0169. The molecule has 0 atom stereocenters. The van der Waals surface area contributed by atoms with E-state index in [1.807, 2.05) is 32.0 Å². The normalized spacial score (nSPS) is 15.0. The zero-order chi connectivity index (χ0) is 27.3. The van der Waals surface area contributed by atoms with Gasteiger partial charge in [0.15, 0.2) is 11.6 Å². The van der Waals surface area contributed by atoms with Gasteiger partial charge in [0.1, 0.15) is 0 Å². The van der Waals surface area contributed by atoms with Gasteiger partial charge < -0.3 is 15.1 Å². The van der Waals surface area contributed by atoms with Crippen LogP contribution in [0.15, 0.2) is 23.1 Å². The Labute approximate surface area is 222 Å². The predicted molar refractivity (Wildman–Crippen MR) is 149 cm³/mol. The average Bonchev–Trinajstić information content (AvgIpc) is 2.82. The number of benzene rings is 1. The molecule has 1 amide bonds. The summed E-state index contributed by atoms with van der Waals surface area (Å²) >= 11 is 0. The second-order valence-corrected chi connectivity index (χ2v) is 12.6. The molecule has 37 heavy (non-hydrogen) atoms. The van der Waals surface area contributed by atoms with E-state index in [1.54, 1.807) is 13.8 Å². The maximum absolute atomic E-state index is 13.1. The number of hydrogen-bond acceptors (Lipinski definition) is 7. The summed E-state index contributed by atoms with van der Waals surface area (Å²) in [6.45, 7) is 10.5. The van der Waals surface area contributed by atoms with Crippen LogP contribution in [0.5, 0.6) is 0 Å². The van der Waals surface area contributed by atoms with Gasteiger partial charge in [0.2, 0.25) is 15.9 Å². The number of hydrogen-bond donors (Lipinski definition) is 1. The molecule has 0 bridgehead atoms. The molecule has 2 heterocycles. The first kappa shape index (κ1) is 29.0. The molecule has 1 N–H and O–H groups in total. The van der Waals surface area contributed by atoms with Crippen LogP contribution >= 0.6 is 0 Å². The third kappa shape index (κ3) is 7.49. The number of carbonyl (C=O) groups excluding carboxylic acids is 1. The van der Waals surface area contributed by atoms with Crippen molar-refractivity contribution in [2.24, 2.45) is 5.92 Å². The minimum atomic E-state index is -3.71. The van der Waals surface area contributed by atoms with Crippen LogP contribution in [-0.2, 0) is 14.8 Å². The Morgan fingerprint density at radius 1 is 0.973 bits per heavy atom. The number of aryl methyl sites for hydroxylation is 4. The lowest BCUT2D eigenvalue weighted by Gasteiger charge is -2.33. The summed E-state index contributed by atoms with van der Waals surface area (Å²) in [7, 11) is 2.02. The fourth-order valence-electron chi connectivity index (χ4n) is 4.94. The quantitative estimate of drug-likeness (QED) is 0.502. The van der Waals surface area contributed by atoms with Crippen molar-refractivity contribution in [2.45, 2.75) is 58.3 Å². The summed E-state index contributed by atoms with van der Waals surface area (Å²) in [6, 6.07) is 5.68. The van der Waals surface area contributed by atoms with Crippen LogP contribution in [0.1, 0.15) is 47.9 Å². The standard InChI is InChI=1S/C27H42N6O3S/c1-19-16-20(2)26(21(3)17-19)37(35,36)32(7)13-11-25(34)28-27-22(4)18-24(29-30-27)33-14-9-23(10-15-33)8-12-31(5)6/h16-18,23H,8-15H2,1-7H3,(H,28,30,34). The Kier molecular flexibility index (Phi) is 9.66. The van der Waals surface area contributed by atoms with E-state index in [0.29, 0.717) is 21.8 Å². The summed E-state index contributed by atoms with van der Waals surface area (Å²) in [5.74, 6) is 1.68. The molecular formula is C27H42N6O3S. The van der Waals surface area contributed by atoms with E-state index in [0.717, 1.165) is 55.3 Å². The van der Waals surface area contributed by atoms with Crippen molar-refractivity contribution < 1.29 is 13.2 Å². The van der Waals surface area contributed by atoms with Crippen LogP contribution in [0.4, 0.5) is 11.6 Å². The van der Waals surface area contributed by atoms with E-state index >= 15 is 0 Å². The van der Waals surface area contributed by atoms with E-state index in [9.17, 15) is 13.2 Å². The molecule has 9 nitrogen and oxygen atoms in total. The van der Waals surface area contributed by atoms with Crippen molar-refractivity contribution in [3.05, 3.63) is 40.5 Å². The molecule has 204 valence electrons. The fourth-order valence-corrected chi connectivity index (χ4v) is 6.52. The molecule has 1 fully saturated rings. The average molecular weight is 531 g/mol. The highest BCUT2D eigenvalue weighted by atomic mass is 32.2. The summed E-state index contributed by atoms with van der Waals surface area (Å²) in [6.07, 6.45) is 3.52. The molecular weight excluding hydrogens is 488 g/mol. The number of anilines is 2. The smallest absolute Gasteiger partial charge is 0.243 e. The van der Waals surface area contributed by atoms with Gasteiger partial charge in [0.25, 0.3) is 0 Å². The first-order valence-corrected chi connectivity index (χ1v) is 14.4. The Bertz CT molecular complexity index is 1180. The minimum Gasteiger partial charge on any atom is -0.355 e. The highest BCUT2D eigenvalue weighted by molar-refractivity contribution is 7.89. The van der Waals surface area contributed by atoms with Crippen LogP contribution in [0, 0.1) is 33.6 Å². The predicted octanol–water partition coefficient (Wildman–Crippen LogP) is 3.53. The van der Waals surface area contributed by atoms with Crippen LogP contribution in [0.2, 0.25) is 0 Å². The largest absolute Gasteiger partial charge is 0.355 e. The molecule has 0 saturated carbocycles. The molecule has 10 heteroatoms. The van der Waals surface area contributed by atoms with Gasteiger partial charge in [-0.1, -0.05) is 17.7 Å². The Morgan fingerprint density at radius 2 is 1.59 bits per heavy atom. The van der Waals surface area contributed by atoms with E-state index in [2.05, 4.69) is 39.4 Å². The zero-order valence-corrected chi connectivity index (χ0v) is 24.2. The van der Waals surface area contributed by atoms with Gasteiger partial charge in [-0.3, -0.25) is 4.79 Å². The van der Waals surface area contributed by atoms with E-state index in [-0.39, 0.29) is 18.9 Å². The molecule has 3 rings (SSSR count). The summed E-state index contributed by atoms with van der Waals surface area (Å²) in [5, 5.41) is 11.4. The number of nitrogens with zero attached hydrogens (tertiary/aromatic N) is 5. The zero-order valence-electron chi connectivity index (χ0n) is 23.3. The van der Waals surface area contributed by atoms with Gasteiger partial charge in [-0.25, -0.2) is 12.7 Å². The number of carbonyl (C=O) groups is 1. The summed E-state index contributed by atoms with van der Waals surface area (Å²) in [5.41, 5.74) is 3.26. The molecule has 1 aliphatic heterocycles. The second kappa shape index (κ2) is 12.3. The Balaban J connectivity index is 1.55. The van der Waals surface area contributed by atoms with Crippen molar-refractivity contribution in [1.82, 2.24) is 19.4 Å². The lowest BCUT2D eigenvalue weighted by atomic mass is 9.93. The molecule has 1 aliphatic rings. The number of amides is 1. The van der Waals surface area contributed by atoms with Crippen LogP contribution in [0.25, 0.3) is 0 Å². The van der Waals surface area contributed by atoms with Crippen molar-refractivity contribution in [1.29, 1.82) is 0 Å². The molecule has 1 aromatic carbocycles. The number of nitrogens with one attached hydrogen (secondary N) is 1. The Morgan fingerprint density at radius 3 is 2.16 bits per heavy atom. The topological polar surface area (TPSA) is 98.7 Å². The number of piperidine rings is 1. The monoisotopic (exact) mass is 530 g/mol. The van der Waals surface area contributed by atoms with Crippen molar-refractivity contribution >= 4 is 27.6 Å². The number of rotatable bonds is 10. The highest BCUT2D eigenvalue weighted by Crippen LogP contribution is 2.26. The molecule has 1 aromatic heterocycles. The first-order chi connectivity index (χ1) is 17.4. The summed E-state index contributed by atoms with van der Waals surface area (Å²) in [4.78, 5) is 17.4. The van der Waals surface area contributed by atoms with Crippen molar-refractivity contribution in [3.8, 4) is 0 Å². The van der Waals surface area contributed by atoms with Crippen LogP contribution in [0.3, 0.4) is 0 Å².